The summed E-state index contributed by atoms with van der Waals surface area (Å²) >= 11 is 1.65. The standard InChI is InChI=1S/C45H71N3O8SSi/c1-29(22-35(49)25-39(51)42-32(4)24-33(5)44(55-42)57-37-15-13-12-14-16-37)23-41(56-58(10,11)45(6,7)8)43(54-28-34-17-19-36(53-9)20-18-34)40(52)26-38(50)31(3)21-30(2)27-47-48-46/h12-20,29-33,39-44,51-52H,21-28H2,1-11H3/t29-,30-,31+,32+,33-,39?,40-,41-,42+,43+,44+/m0/s1. The molecule has 0 amide bonds. The topological polar surface area (TPSA) is 160 Å². The van der Waals surface area contributed by atoms with E-state index in [-0.39, 0.29) is 71.6 Å². The van der Waals surface area contributed by atoms with Gasteiger partial charge in [0.1, 0.15) is 28.9 Å². The first-order chi connectivity index (χ1) is 27.2. The molecule has 1 unspecified atom stereocenters. The van der Waals surface area contributed by atoms with Gasteiger partial charge in [-0.05, 0) is 96.4 Å². The van der Waals surface area contributed by atoms with Gasteiger partial charge in [0.05, 0.1) is 38.1 Å². The van der Waals surface area contributed by atoms with Crippen molar-refractivity contribution in [2.24, 2.45) is 34.7 Å². The molecule has 2 N–H and O–H groups in total. The average Bonchev–Trinajstić information content (AvgIpc) is 3.14. The normalized spacial score (nSPS) is 22.4. The molecule has 1 aliphatic rings. The van der Waals surface area contributed by atoms with Crippen LogP contribution < -0.4 is 4.74 Å². The molecule has 2 aromatic carbocycles. The first-order valence-corrected chi connectivity index (χ1v) is 24.7. The lowest BCUT2D eigenvalue weighted by atomic mass is 9.85. The predicted molar refractivity (Wildman–Crippen MR) is 234 cm³/mol. The number of ketones is 2. The van der Waals surface area contributed by atoms with Crippen LogP contribution in [0, 0.1) is 29.6 Å². The average molecular weight is 842 g/mol. The number of aliphatic hydroxyl groups excluding tert-OH is 2. The van der Waals surface area contributed by atoms with E-state index in [1.54, 1.807) is 18.9 Å². The van der Waals surface area contributed by atoms with Crippen molar-refractivity contribution >= 4 is 31.6 Å². The minimum absolute atomic E-state index is 0.00624. The lowest BCUT2D eigenvalue weighted by molar-refractivity contribution is -0.138. The van der Waals surface area contributed by atoms with Gasteiger partial charge in [0.15, 0.2) is 8.32 Å². The molecule has 1 heterocycles. The second kappa shape index (κ2) is 23.3. The number of rotatable bonds is 24. The van der Waals surface area contributed by atoms with Crippen molar-refractivity contribution in [3.8, 4) is 5.75 Å². The van der Waals surface area contributed by atoms with Crippen molar-refractivity contribution in [3.63, 3.8) is 0 Å². The van der Waals surface area contributed by atoms with E-state index in [0.717, 1.165) is 16.9 Å². The van der Waals surface area contributed by atoms with Gasteiger partial charge in [-0.15, -0.1) is 0 Å². The zero-order valence-corrected chi connectivity index (χ0v) is 38.6. The van der Waals surface area contributed by atoms with Crippen molar-refractivity contribution < 1.29 is 38.4 Å². The van der Waals surface area contributed by atoms with Crippen LogP contribution in [0.1, 0.15) is 99.5 Å². The molecule has 0 saturated carbocycles. The summed E-state index contributed by atoms with van der Waals surface area (Å²) in [6, 6.07) is 17.6. The van der Waals surface area contributed by atoms with Gasteiger partial charge in [-0.1, -0.05) is 103 Å². The number of thioether (sulfide) groups is 1. The molecule has 1 saturated heterocycles. The lowest BCUT2D eigenvalue weighted by Crippen LogP contribution is -2.51. The van der Waals surface area contributed by atoms with E-state index in [0.29, 0.717) is 31.1 Å². The number of carbonyl (C=O) groups excluding carboxylic acids is 2. The Kier molecular flexibility index (Phi) is 19.9. The van der Waals surface area contributed by atoms with Crippen molar-refractivity contribution in [3.05, 3.63) is 70.6 Å². The van der Waals surface area contributed by atoms with Gasteiger partial charge in [-0.25, -0.2) is 0 Å². The number of azide groups is 1. The number of benzene rings is 2. The molecule has 324 valence electrons. The van der Waals surface area contributed by atoms with Crippen LogP contribution in [0.5, 0.6) is 5.75 Å². The Morgan fingerprint density at radius 1 is 0.966 bits per heavy atom. The van der Waals surface area contributed by atoms with Gasteiger partial charge in [-0.3, -0.25) is 9.59 Å². The Hall–Kier alpha value is -2.74. The molecule has 58 heavy (non-hydrogen) atoms. The highest BCUT2D eigenvalue weighted by Crippen LogP contribution is 2.41. The van der Waals surface area contributed by atoms with Crippen LogP contribution in [0.3, 0.4) is 0 Å². The van der Waals surface area contributed by atoms with Crippen LogP contribution in [0.15, 0.2) is 64.6 Å². The number of hydrogen-bond acceptors (Lipinski definition) is 10. The second-order valence-electron chi connectivity index (χ2n) is 18.4. The highest BCUT2D eigenvalue weighted by Gasteiger charge is 2.44. The number of nitrogens with zero attached hydrogens (tertiary/aromatic N) is 3. The maximum Gasteiger partial charge on any atom is 0.192 e. The minimum Gasteiger partial charge on any atom is -0.497 e. The Morgan fingerprint density at radius 2 is 1.62 bits per heavy atom. The fourth-order valence-corrected chi connectivity index (χ4v) is 9.95. The summed E-state index contributed by atoms with van der Waals surface area (Å²) in [4.78, 5) is 31.2. The summed E-state index contributed by atoms with van der Waals surface area (Å²) in [5.41, 5.74) is 9.48. The van der Waals surface area contributed by atoms with Crippen LogP contribution in [0.25, 0.3) is 10.4 Å². The SMILES string of the molecule is COc1ccc(CO[C@@H]([C@H](C[C@@H](C)CC(=O)CC(O)[C@@H]2O[C@H](Sc3ccccc3)[C@@H](C)C[C@H]2C)O[Si](C)(C)C(C)(C)C)[C@@H](O)CC(=O)[C@H](C)C[C@H](C)CN=[N+]=[N-])cc1. The van der Waals surface area contributed by atoms with E-state index in [9.17, 15) is 19.8 Å². The van der Waals surface area contributed by atoms with Gasteiger partial charge in [0, 0.05) is 41.5 Å². The maximum absolute atomic E-state index is 13.7. The molecule has 1 fully saturated rings. The lowest BCUT2D eigenvalue weighted by Gasteiger charge is -2.43. The predicted octanol–water partition coefficient (Wildman–Crippen LogP) is 10.2. The Labute approximate surface area is 353 Å². The van der Waals surface area contributed by atoms with Crippen LogP contribution in [0.4, 0.5) is 0 Å². The van der Waals surface area contributed by atoms with Crippen LogP contribution >= 0.6 is 11.8 Å². The number of methoxy groups -OCH3 is 1. The fraction of sp³-hybridized carbons (Fsp3) is 0.689. The summed E-state index contributed by atoms with van der Waals surface area (Å²) in [6.45, 7) is 21.2. The van der Waals surface area contributed by atoms with Gasteiger partial charge in [0.2, 0.25) is 0 Å². The van der Waals surface area contributed by atoms with E-state index in [4.69, 9.17) is 24.2 Å². The quantitative estimate of drug-likeness (QED) is 0.0454. The molecule has 0 spiro atoms. The second-order valence-corrected chi connectivity index (χ2v) is 24.3. The highest BCUT2D eigenvalue weighted by atomic mass is 32.2. The molecule has 11 nitrogen and oxygen atoms in total. The smallest absolute Gasteiger partial charge is 0.192 e. The van der Waals surface area contributed by atoms with Crippen LogP contribution in [-0.2, 0) is 30.1 Å². The van der Waals surface area contributed by atoms with Crippen LogP contribution in [0.2, 0.25) is 18.1 Å². The highest BCUT2D eigenvalue weighted by molar-refractivity contribution is 7.99. The Bertz CT molecular complexity index is 1600. The van der Waals surface area contributed by atoms with Crippen LogP contribution in [-0.4, -0.2) is 79.7 Å². The maximum atomic E-state index is 13.7. The summed E-state index contributed by atoms with van der Waals surface area (Å²) < 4.78 is 25.5. The first kappa shape index (κ1) is 49.6. The third-order valence-corrected chi connectivity index (χ3v) is 17.7. The summed E-state index contributed by atoms with van der Waals surface area (Å²) in [7, 11) is -0.867. The molecular weight excluding hydrogens is 771 g/mol. The van der Waals surface area contributed by atoms with E-state index < -0.39 is 38.8 Å². The van der Waals surface area contributed by atoms with Gasteiger partial charge < -0.3 is 28.8 Å². The van der Waals surface area contributed by atoms with Gasteiger partial charge >= 0.3 is 0 Å². The third-order valence-electron chi connectivity index (χ3n) is 11.9. The molecule has 1 aliphatic heterocycles. The molecule has 0 aliphatic carbocycles. The summed E-state index contributed by atoms with van der Waals surface area (Å²) in [5, 5.41) is 26.9. The van der Waals surface area contributed by atoms with Crippen molar-refractivity contribution in [1.29, 1.82) is 0 Å². The zero-order chi connectivity index (χ0) is 43.2. The van der Waals surface area contributed by atoms with Crippen molar-refractivity contribution in [2.75, 3.05) is 13.7 Å². The third kappa shape index (κ3) is 15.7. The zero-order valence-electron chi connectivity index (χ0n) is 36.8. The number of hydrogen-bond donors (Lipinski definition) is 2. The van der Waals surface area contributed by atoms with E-state index in [2.05, 4.69) is 69.9 Å². The van der Waals surface area contributed by atoms with E-state index >= 15 is 0 Å². The molecule has 0 radical (unpaired) electrons. The number of ether oxygens (including phenoxy) is 3. The monoisotopic (exact) mass is 841 g/mol. The Morgan fingerprint density at radius 3 is 2.22 bits per heavy atom. The van der Waals surface area contributed by atoms with Crippen molar-refractivity contribution in [1.82, 2.24) is 0 Å². The molecular formula is C45H71N3O8SSi. The Balaban J connectivity index is 1.81. The minimum atomic E-state index is -2.47. The van der Waals surface area contributed by atoms with E-state index in [1.807, 2.05) is 63.2 Å². The first-order valence-electron chi connectivity index (χ1n) is 20.9. The van der Waals surface area contributed by atoms with Gasteiger partial charge in [0.25, 0.3) is 0 Å². The summed E-state index contributed by atoms with van der Waals surface area (Å²) in [6.07, 6.45) is -2.24. The number of Topliss-reactive ketones (excluding diaryl/α,β-unsaturated/α-hetero) is 2. The fourth-order valence-electron chi connectivity index (χ4n) is 7.50. The molecule has 0 bridgehead atoms. The number of aliphatic hydroxyl groups is 2. The van der Waals surface area contributed by atoms with Crippen molar-refractivity contribution in [2.45, 2.75) is 160 Å². The van der Waals surface area contributed by atoms with Gasteiger partial charge in [-0.2, -0.15) is 0 Å². The molecule has 11 atom stereocenters. The summed E-state index contributed by atoms with van der Waals surface area (Å²) in [5.74, 6) is 0.371. The molecule has 0 aromatic heterocycles. The molecule has 13 heteroatoms. The largest absolute Gasteiger partial charge is 0.497 e. The number of carbonyl (C=O) groups is 2. The van der Waals surface area contributed by atoms with E-state index in [1.165, 1.54) is 0 Å². The molecule has 2 aromatic rings. The molecule has 3 rings (SSSR count).